The van der Waals surface area contributed by atoms with Gasteiger partial charge in [0.15, 0.2) is 5.78 Å². The van der Waals surface area contributed by atoms with Crippen LogP contribution in [0.25, 0.3) is 10.9 Å². The van der Waals surface area contributed by atoms with Gasteiger partial charge in [0, 0.05) is 29.6 Å². The number of aromatic nitrogens is 1. The number of carbonyl (C=O) groups excluding carboxylic acids is 2. The van der Waals surface area contributed by atoms with E-state index in [1.807, 2.05) is 37.6 Å². The van der Waals surface area contributed by atoms with Gasteiger partial charge in [-0.25, -0.2) is 0 Å². The van der Waals surface area contributed by atoms with Crippen LogP contribution >= 0.6 is 0 Å². The molecule has 0 saturated carbocycles. The number of carbonyl (C=O) groups is 2. The highest BCUT2D eigenvalue weighted by molar-refractivity contribution is 6.32. The summed E-state index contributed by atoms with van der Waals surface area (Å²) in [5, 5.41) is 0.837. The van der Waals surface area contributed by atoms with Crippen molar-refractivity contribution in [3.63, 3.8) is 0 Å². The number of ketones is 2. The van der Waals surface area contributed by atoms with Gasteiger partial charge in [-0.2, -0.15) is 0 Å². The normalized spacial score (nSPS) is 13.1. The van der Waals surface area contributed by atoms with Gasteiger partial charge in [-0.05, 0) is 25.5 Å². The molecule has 1 heterocycles. The number of ether oxygens (including phenoxy) is 1. The maximum atomic E-state index is 13.0. The maximum absolute atomic E-state index is 13.0. The Morgan fingerprint density at radius 1 is 1.04 bits per heavy atom. The summed E-state index contributed by atoms with van der Waals surface area (Å²) >= 11 is 0. The first kappa shape index (κ1) is 14.7. The van der Waals surface area contributed by atoms with Crippen molar-refractivity contribution < 1.29 is 14.3 Å². The molecule has 0 spiro atoms. The van der Waals surface area contributed by atoms with Crippen molar-refractivity contribution in [2.75, 3.05) is 6.61 Å². The summed E-state index contributed by atoms with van der Waals surface area (Å²) in [5.74, 6) is 0.562. The average molecular weight is 319 g/mol. The molecule has 120 valence electrons. The zero-order valence-corrected chi connectivity index (χ0v) is 13.8. The number of hydrogen-bond donors (Lipinski definition) is 0. The lowest BCUT2D eigenvalue weighted by molar-refractivity contribution is 0.0975. The first-order valence-electron chi connectivity index (χ1n) is 7.98. The fourth-order valence-corrected chi connectivity index (χ4v) is 3.61. The summed E-state index contributed by atoms with van der Waals surface area (Å²) in [6, 6.07) is 10.8. The van der Waals surface area contributed by atoms with Crippen LogP contribution in [-0.4, -0.2) is 22.7 Å². The van der Waals surface area contributed by atoms with Crippen LogP contribution in [0.3, 0.4) is 0 Å². The summed E-state index contributed by atoms with van der Waals surface area (Å²) in [4.78, 5) is 26.0. The zero-order valence-electron chi connectivity index (χ0n) is 13.8. The Kier molecular flexibility index (Phi) is 3.10. The van der Waals surface area contributed by atoms with Gasteiger partial charge in [0.05, 0.1) is 17.7 Å². The molecule has 0 N–H and O–H groups in total. The van der Waals surface area contributed by atoms with Crippen LogP contribution in [0.1, 0.15) is 44.5 Å². The van der Waals surface area contributed by atoms with Crippen LogP contribution < -0.4 is 4.74 Å². The van der Waals surface area contributed by atoms with Gasteiger partial charge < -0.3 is 9.30 Å². The highest BCUT2D eigenvalue weighted by Gasteiger charge is 2.35. The smallest absolute Gasteiger partial charge is 0.210 e. The number of benzene rings is 2. The van der Waals surface area contributed by atoms with Crippen molar-refractivity contribution in [3.8, 4) is 5.75 Å². The predicted molar refractivity (Wildman–Crippen MR) is 92.1 cm³/mol. The van der Waals surface area contributed by atoms with Gasteiger partial charge in [-0.15, -0.1) is 0 Å². The summed E-state index contributed by atoms with van der Waals surface area (Å²) in [6.45, 7) is 4.45. The fourth-order valence-electron chi connectivity index (χ4n) is 3.61. The molecule has 1 aliphatic carbocycles. The highest BCUT2D eigenvalue weighted by atomic mass is 16.5. The van der Waals surface area contributed by atoms with E-state index in [-0.39, 0.29) is 11.6 Å². The van der Waals surface area contributed by atoms with Crippen molar-refractivity contribution >= 4 is 22.5 Å². The van der Waals surface area contributed by atoms with Gasteiger partial charge in [0.25, 0.3) is 0 Å². The van der Waals surface area contributed by atoms with Gasteiger partial charge >= 0.3 is 0 Å². The van der Waals surface area contributed by atoms with Gasteiger partial charge in [-0.3, -0.25) is 9.59 Å². The molecule has 4 rings (SSSR count). The number of fused-ring (bicyclic) bond motifs is 4. The van der Waals surface area contributed by atoms with Crippen LogP contribution in [0, 0.1) is 6.92 Å². The molecular weight excluding hydrogens is 302 g/mol. The molecule has 0 saturated heterocycles. The van der Waals surface area contributed by atoms with E-state index >= 15 is 0 Å². The maximum Gasteiger partial charge on any atom is 0.210 e. The summed E-state index contributed by atoms with van der Waals surface area (Å²) in [5.41, 5.74) is 3.72. The van der Waals surface area contributed by atoms with E-state index < -0.39 is 0 Å². The van der Waals surface area contributed by atoms with Crippen LogP contribution in [-0.2, 0) is 7.05 Å². The monoisotopic (exact) mass is 319 g/mol. The second kappa shape index (κ2) is 5.06. The third-order valence-corrected chi connectivity index (χ3v) is 4.64. The van der Waals surface area contributed by atoms with E-state index in [9.17, 15) is 9.59 Å². The molecule has 4 nitrogen and oxygen atoms in total. The summed E-state index contributed by atoms with van der Waals surface area (Å²) in [6.07, 6.45) is 0. The standard InChI is InChI=1S/C20H17NO3/c1-4-24-12-9-11(2)16-15(10-12)21(3)18-17(16)19(22)13-7-5-6-8-14(13)20(18)23/h5-10H,4H2,1-3H3. The second-order valence-corrected chi connectivity index (χ2v) is 6.05. The lowest BCUT2D eigenvalue weighted by Crippen LogP contribution is -2.22. The molecule has 0 unspecified atom stereocenters. The Balaban J connectivity index is 2.10. The number of rotatable bonds is 2. The summed E-state index contributed by atoms with van der Waals surface area (Å²) in [7, 11) is 1.83. The van der Waals surface area contributed by atoms with Crippen molar-refractivity contribution in [1.82, 2.24) is 4.57 Å². The van der Waals surface area contributed by atoms with Crippen LogP contribution in [0.15, 0.2) is 36.4 Å². The first-order valence-corrected chi connectivity index (χ1v) is 7.98. The van der Waals surface area contributed by atoms with Crippen LogP contribution in [0.5, 0.6) is 5.75 Å². The van der Waals surface area contributed by atoms with Crippen molar-refractivity contribution in [1.29, 1.82) is 0 Å². The number of hydrogen-bond acceptors (Lipinski definition) is 3. The Bertz CT molecular complexity index is 1030. The SMILES string of the molecule is CCOc1cc(C)c2c3c(n(C)c2c1)C(=O)c1ccccc1C3=O. The van der Waals surface area contributed by atoms with E-state index in [0.717, 1.165) is 22.2 Å². The Labute approximate surface area is 139 Å². The molecular formula is C20H17NO3. The molecule has 0 bridgehead atoms. The Morgan fingerprint density at radius 3 is 2.38 bits per heavy atom. The van der Waals surface area contributed by atoms with E-state index in [4.69, 9.17) is 4.74 Å². The van der Waals surface area contributed by atoms with E-state index in [1.165, 1.54) is 0 Å². The Morgan fingerprint density at radius 2 is 1.71 bits per heavy atom. The van der Waals surface area contributed by atoms with Crippen molar-refractivity contribution in [2.45, 2.75) is 13.8 Å². The molecule has 2 aromatic carbocycles. The molecule has 1 aromatic heterocycles. The quantitative estimate of drug-likeness (QED) is 0.566. The van der Waals surface area contributed by atoms with Crippen LogP contribution in [0.4, 0.5) is 0 Å². The molecule has 4 heteroatoms. The van der Waals surface area contributed by atoms with E-state index in [2.05, 4.69) is 0 Å². The minimum atomic E-state index is -0.101. The highest BCUT2D eigenvalue weighted by Crippen LogP contribution is 2.37. The molecule has 3 aromatic rings. The second-order valence-electron chi connectivity index (χ2n) is 6.05. The molecule has 1 aliphatic rings. The minimum Gasteiger partial charge on any atom is -0.494 e. The number of aryl methyl sites for hydroxylation is 2. The largest absolute Gasteiger partial charge is 0.494 e. The lowest BCUT2D eigenvalue weighted by atomic mass is 9.86. The fraction of sp³-hybridized carbons (Fsp3) is 0.200. The van der Waals surface area contributed by atoms with E-state index in [1.54, 1.807) is 24.3 Å². The van der Waals surface area contributed by atoms with Gasteiger partial charge in [-0.1, -0.05) is 24.3 Å². The predicted octanol–water partition coefficient (Wildman–Crippen LogP) is 3.66. The zero-order chi connectivity index (χ0) is 17.0. The third kappa shape index (κ3) is 1.80. The van der Waals surface area contributed by atoms with Gasteiger partial charge in [0.1, 0.15) is 11.4 Å². The Hall–Kier alpha value is -2.88. The minimum absolute atomic E-state index is 0.0851. The third-order valence-electron chi connectivity index (χ3n) is 4.64. The van der Waals surface area contributed by atoms with Crippen molar-refractivity contribution in [2.24, 2.45) is 7.05 Å². The molecule has 0 fully saturated rings. The average Bonchev–Trinajstić information content (AvgIpc) is 2.87. The van der Waals surface area contributed by atoms with Crippen LogP contribution in [0.2, 0.25) is 0 Å². The molecule has 24 heavy (non-hydrogen) atoms. The number of nitrogens with zero attached hydrogens (tertiary/aromatic N) is 1. The first-order chi connectivity index (χ1) is 11.5. The van der Waals surface area contributed by atoms with Gasteiger partial charge in [0.2, 0.25) is 5.78 Å². The molecule has 0 radical (unpaired) electrons. The topological polar surface area (TPSA) is 48.3 Å². The molecule has 0 amide bonds. The summed E-state index contributed by atoms with van der Waals surface area (Å²) < 4.78 is 7.43. The molecule has 0 aliphatic heterocycles. The lowest BCUT2D eigenvalue weighted by Gasteiger charge is -2.15. The van der Waals surface area contributed by atoms with E-state index in [0.29, 0.717) is 29.0 Å². The molecule has 0 atom stereocenters. The van der Waals surface area contributed by atoms with Crippen molar-refractivity contribution in [3.05, 3.63) is 64.3 Å².